The van der Waals surface area contributed by atoms with E-state index < -0.39 is 34.6 Å². The van der Waals surface area contributed by atoms with E-state index >= 15 is 0 Å². The van der Waals surface area contributed by atoms with Gasteiger partial charge in [-0.15, -0.1) is 0 Å². The Hall–Kier alpha value is -3.75. The molecule has 0 atom stereocenters. The highest BCUT2D eigenvalue weighted by Crippen LogP contribution is 2.10. The third-order valence-electron chi connectivity index (χ3n) is 3.52. The minimum Gasteiger partial charge on any atom is -0.501 e. The van der Waals surface area contributed by atoms with Gasteiger partial charge in [-0.1, -0.05) is 18.2 Å². The Labute approximate surface area is 145 Å². The summed E-state index contributed by atoms with van der Waals surface area (Å²) in [5, 5.41) is 9.89. The summed E-state index contributed by atoms with van der Waals surface area (Å²) in [6, 6.07) is 9.99. The molecule has 9 heteroatoms. The van der Waals surface area contributed by atoms with E-state index in [2.05, 4.69) is 15.8 Å². The molecule has 2 aromatic heterocycles. The van der Waals surface area contributed by atoms with E-state index in [4.69, 9.17) is 0 Å². The van der Waals surface area contributed by atoms with Gasteiger partial charge in [0.2, 0.25) is 11.7 Å². The summed E-state index contributed by atoms with van der Waals surface area (Å²) in [5.41, 5.74) is 3.62. The molecule has 0 aliphatic rings. The maximum absolute atomic E-state index is 12.8. The molecule has 2 heterocycles. The number of benzene rings is 1. The molecule has 2 amide bonds. The van der Waals surface area contributed by atoms with Crippen LogP contribution in [0.2, 0.25) is 0 Å². The first kappa shape index (κ1) is 17.1. The Bertz CT molecular complexity index is 1050. The SMILES string of the molecule is O=C(Cc1ccc(F)cc1)NNC(=O)c1nc2ccccn2c(=O)c1O. The van der Waals surface area contributed by atoms with Crippen LogP contribution >= 0.6 is 0 Å². The van der Waals surface area contributed by atoms with E-state index in [0.29, 0.717) is 5.56 Å². The molecule has 3 aromatic rings. The third-order valence-corrected chi connectivity index (χ3v) is 3.52. The summed E-state index contributed by atoms with van der Waals surface area (Å²) < 4.78 is 13.9. The Balaban J connectivity index is 1.71. The monoisotopic (exact) mass is 356 g/mol. The predicted octanol–water partition coefficient (Wildman–Crippen LogP) is 0.543. The van der Waals surface area contributed by atoms with Crippen molar-refractivity contribution in [3.8, 4) is 5.75 Å². The second-order valence-corrected chi connectivity index (χ2v) is 5.35. The van der Waals surface area contributed by atoms with Crippen molar-refractivity contribution in [3.05, 3.63) is 76.1 Å². The lowest BCUT2D eigenvalue weighted by atomic mass is 10.1. The third kappa shape index (κ3) is 3.51. The first-order valence-corrected chi connectivity index (χ1v) is 7.49. The minimum atomic E-state index is -0.946. The van der Waals surface area contributed by atoms with Crippen molar-refractivity contribution in [2.75, 3.05) is 0 Å². The van der Waals surface area contributed by atoms with Crippen LogP contribution in [0.25, 0.3) is 5.65 Å². The smallest absolute Gasteiger partial charge is 0.300 e. The van der Waals surface area contributed by atoms with Crippen molar-refractivity contribution < 1.29 is 19.1 Å². The normalized spacial score (nSPS) is 10.5. The zero-order valence-corrected chi connectivity index (χ0v) is 13.3. The number of halogens is 1. The standard InChI is InChI=1S/C17H13FN4O4/c18-11-6-4-10(5-7-11)9-13(23)20-21-16(25)14-15(24)17(26)22-8-2-1-3-12(22)19-14/h1-8,24H,9H2,(H,20,23)(H,21,25). The van der Waals surface area contributed by atoms with Crippen LogP contribution in [0.15, 0.2) is 53.5 Å². The van der Waals surface area contributed by atoms with Crippen molar-refractivity contribution >= 4 is 17.5 Å². The average molecular weight is 356 g/mol. The van der Waals surface area contributed by atoms with Gasteiger partial charge in [-0.3, -0.25) is 29.6 Å². The molecule has 0 spiro atoms. The number of nitrogens with one attached hydrogen (secondary N) is 2. The number of carbonyl (C=O) groups excluding carboxylic acids is 2. The van der Waals surface area contributed by atoms with Gasteiger partial charge in [0.1, 0.15) is 11.5 Å². The van der Waals surface area contributed by atoms with Gasteiger partial charge < -0.3 is 5.11 Å². The molecular formula is C17H13FN4O4. The van der Waals surface area contributed by atoms with Gasteiger partial charge >= 0.3 is 5.56 Å². The minimum absolute atomic E-state index is 0.0969. The van der Waals surface area contributed by atoms with Crippen molar-refractivity contribution in [2.45, 2.75) is 6.42 Å². The molecule has 26 heavy (non-hydrogen) atoms. The lowest BCUT2D eigenvalue weighted by molar-refractivity contribution is -0.121. The number of nitrogens with zero attached hydrogens (tertiary/aromatic N) is 2. The molecule has 0 aliphatic carbocycles. The summed E-state index contributed by atoms with van der Waals surface area (Å²) in [7, 11) is 0. The maximum atomic E-state index is 12.8. The number of aromatic hydroxyl groups is 1. The Kier molecular flexibility index (Phi) is 4.61. The topological polar surface area (TPSA) is 113 Å². The molecule has 3 N–H and O–H groups in total. The lowest BCUT2D eigenvalue weighted by Crippen LogP contribution is -2.43. The van der Waals surface area contributed by atoms with Crippen LogP contribution in [-0.4, -0.2) is 26.3 Å². The van der Waals surface area contributed by atoms with Crippen LogP contribution in [-0.2, 0) is 11.2 Å². The molecule has 8 nitrogen and oxygen atoms in total. The molecule has 1 aromatic carbocycles. The summed E-state index contributed by atoms with van der Waals surface area (Å²) in [6.45, 7) is 0. The fraction of sp³-hybridized carbons (Fsp3) is 0.0588. The molecule has 0 radical (unpaired) electrons. The number of hydrogen-bond donors (Lipinski definition) is 3. The molecule has 0 fully saturated rings. The largest absolute Gasteiger partial charge is 0.501 e. The molecular weight excluding hydrogens is 343 g/mol. The zero-order chi connectivity index (χ0) is 18.7. The first-order chi connectivity index (χ1) is 12.5. The summed E-state index contributed by atoms with van der Waals surface area (Å²) >= 11 is 0. The van der Waals surface area contributed by atoms with Crippen LogP contribution in [0.4, 0.5) is 4.39 Å². The van der Waals surface area contributed by atoms with E-state index in [9.17, 15) is 23.9 Å². The number of rotatable bonds is 3. The van der Waals surface area contributed by atoms with Crippen molar-refractivity contribution in [3.63, 3.8) is 0 Å². The fourth-order valence-corrected chi connectivity index (χ4v) is 2.26. The van der Waals surface area contributed by atoms with E-state index in [1.54, 1.807) is 12.1 Å². The van der Waals surface area contributed by atoms with Crippen molar-refractivity contribution in [1.82, 2.24) is 20.2 Å². The molecule has 0 aliphatic heterocycles. The number of pyridine rings is 1. The Morgan fingerprint density at radius 1 is 1.12 bits per heavy atom. The van der Waals surface area contributed by atoms with Crippen LogP contribution in [0.5, 0.6) is 5.75 Å². The van der Waals surface area contributed by atoms with Gasteiger partial charge in [-0.2, -0.15) is 0 Å². The van der Waals surface area contributed by atoms with Gasteiger partial charge in [-0.25, -0.2) is 9.37 Å². The zero-order valence-electron chi connectivity index (χ0n) is 13.3. The van der Waals surface area contributed by atoms with E-state index in [0.717, 1.165) is 4.40 Å². The second kappa shape index (κ2) is 7.01. The molecule has 0 saturated heterocycles. The summed E-state index contributed by atoms with van der Waals surface area (Å²) in [4.78, 5) is 39.9. The molecule has 0 bridgehead atoms. The molecule has 132 valence electrons. The van der Waals surface area contributed by atoms with Gasteiger partial charge in [0.15, 0.2) is 5.69 Å². The van der Waals surface area contributed by atoms with Gasteiger partial charge in [-0.05, 0) is 29.8 Å². The number of aromatic nitrogens is 2. The number of hydrogen-bond acceptors (Lipinski definition) is 5. The van der Waals surface area contributed by atoms with Crippen molar-refractivity contribution in [2.24, 2.45) is 0 Å². The predicted molar refractivity (Wildman–Crippen MR) is 88.8 cm³/mol. The Morgan fingerprint density at radius 3 is 2.58 bits per heavy atom. The van der Waals surface area contributed by atoms with Gasteiger partial charge in [0.25, 0.3) is 5.91 Å². The van der Waals surface area contributed by atoms with Crippen LogP contribution in [0, 0.1) is 5.82 Å². The first-order valence-electron chi connectivity index (χ1n) is 7.49. The number of hydrazine groups is 1. The number of carbonyl (C=O) groups is 2. The highest BCUT2D eigenvalue weighted by molar-refractivity contribution is 5.96. The highest BCUT2D eigenvalue weighted by Gasteiger charge is 2.19. The molecule has 3 rings (SSSR count). The van der Waals surface area contributed by atoms with Gasteiger partial charge in [0, 0.05) is 6.20 Å². The van der Waals surface area contributed by atoms with Crippen LogP contribution in [0.3, 0.4) is 0 Å². The van der Waals surface area contributed by atoms with E-state index in [1.165, 1.54) is 36.5 Å². The average Bonchev–Trinajstić information content (AvgIpc) is 2.64. The fourth-order valence-electron chi connectivity index (χ4n) is 2.26. The molecule has 0 saturated carbocycles. The highest BCUT2D eigenvalue weighted by atomic mass is 19.1. The Morgan fingerprint density at radius 2 is 1.85 bits per heavy atom. The number of fused-ring (bicyclic) bond motifs is 1. The number of amides is 2. The summed E-state index contributed by atoms with van der Waals surface area (Å²) in [6.07, 6.45) is 1.30. The van der Waals surface area contributed by atoms with Crippen LogP contribution in [0.1, 0.15) is 16.1 Å². The summed E-state index contributed by atoms with van der Waals surface area (Å²) in [5.74, 6) is -2.77. The van der Waals surface area contributed by atoms with E-state index in [-0.39, 0.29) is 12.1 Å². The molecule has 0 unspecified atom stereocenters. The quantitative estimate of drug-likeness (QED) is 0.593. The van der Waals surface area contributed by atoms with Gasteiger partial charge in [0.05, 0.1) is 6.42 Å². The second-order valence-electron chi connectivity index (χ2n) is 5.35. The van der Waals surface area contributed by atoms with E-state index in [1.807, 2.05) is 0 Å². The van der Waals surface area contributed by atoms with Crippen molar-refractivity contribution in [1.29, 1.82) is 0 Å². The van der Waals surface area contributed by atoms with Crippen LogP contribution < -0.4 is 16.4 Å². The lowest BCUT2D eigenvalue weighted by Gasteiger charge is -2.09. The maximum Gasteiger partial charge on any atom is 0.300 e.